The molecule has 0 fully saturated rings. The first-order chi connectivity index (χ1) is 8.51. The molecule has 0 unspecified atom stereocenters. The summed E-state index contributed by atoms with van der Waals surface area (Å²) in [6.07, 6.45) is 0.610. The zero-order chi connectivity index (χ0) is 13.7. The molecule has 0 saturated carbocycles. The summed E-state index contributed by atoms with van der Waals surface area (Å²) in [4.78, 5) is 10.4. The van der Waals surface area contributed by atoms with Gasteiger partial charge in [0.05, 0.1) is 18.7 Å². The molecule has 0 radical (unpaired) electrons. The molecule has 0 atom stereocenters. The monoisotopic (exact) mass is 320 g/mol. The first kappa shape index (κ1) is 14.8. The number of hydrogen-bond donors (Lipinski definition) is 1. The average Bonchev–Trinajstić information content (AvgIpc) is 2.30. The highest BCUT2D eigenvalue weighted by molar-refractivity contribution is 9.10. The summed E-state index contributed by atoms with van der Waals surface area (Å²) in [5.41, 5.74) is 0.332. The van der Waals surface area contributed by atoms with Crippen LogP contribution in [0.1, 0.15) is 18.4 Å². The zero-order valence-corrected chi connectivity index (χ0v) is 11.7. The number of benzene rings is 1. The zero-order valence-electron chi connectivity index (χ0n) is 10.1. The highest BCUT2D eigenvalue weighted by Crippen LogP contribution is 2.40. The van der Waals surface area contributed by atoms with Gasteiger partial charge in [-0.25, -0.2) is 4.39 Å². The van der Waals surface area contributed by atoms with Crippen molar-refractivity contribution in [3.8, 4) is 11.5 Å². The van der Waals surface area contributed by atoms with Crippen molar-refractivity contribution in [3.63, 3.8) is 0 Å². The maximum atomic E-state index is 13.8. The van der Waals surface area contributed by atoms with Gasteiger partial charge in [0, 0.05) is 12.0 Å². The van der Waals surface area contributed by atoms with E-state index >= 15 is 0 Å². The van der Waals surface area contributed by atoms with Crippen molar-refractivity contribution in [1.29, 1.82) is 0 Å². The fourth-order valence-electron chi connectivity index (χ4n) is 1.67. The van der Waals surface area contributed by atoms with E-state index in [1.165, 1.54) is 20.3 Å². The lowest BCUT2D eigenvalue weighted by Gasteiger charge is -2.15. The number of carbonyl (C=O) groups is 1. The second-order valence-corrected chi connectivity index (χ2v) is 4.49. The van der Waals surface area contributed by atoms with E-state index in [2.05, 4.69) is 15.9 Å². The Morgan fingerprint density at radius 2 is 2.00 bits per heavy atom. The first-order valence-corrected chi connectivity index (χ1v) is 6.11. The van der Waals surface area contributed by atoms with Gasteiger partial charge < -0.3 is 14.6 Å². The maximum Gasteiger partial charge on any atom is 0.303 e. The van der Waals surface area contributed by atoms with E-state index in [1.54, 1.807) is 0 Å². The number of aliphatic carboxylic acids is 1. The van der Waals surface area contributed by atoms with Crippen LogP contribution in [0.15, 0.2) is 10.5 Å². The third kappa shape index (κ3) is 3.35. The van der Waals surface area contributed by atoms with Gasteiger partial charge >= 0.3 is 5.97 Å². The van der Waals surface area contributed by atoms with Gasteiger partial charge in [0.1, 0.15) is 5.82 Å². The molecular formula is C12H14BrFO4. The van der Waals surface area contributed by atoms with Crippen molar-refractivity contribution >= 4 is 21.9 Å². The maximum absolute atomic E-state index is 13.8. The Labute approximate surface area is 113 Å². The summed E-state index contributed by atoms with van der Waals surface area (Å²) in [6.45, 7) is 0. The molecule has 1 N–H and O–H groups in total. The van der Waals surface area contributed by atoms with Gasteiger partial charge in [-0.3, -0.25) is 4.79 Å². The molecular weight excluding hydrogens is 307 g/mol. The topological polar surface area (TPSA) is 55.8 Å². The minimum absolute atomic E-state index is 0.0129. The molecule has 1 rings (SSSR count). The number of hydrogen-bond acceptors (Lipinski definition) is 3. The average molecular weight is 321 g/mol. The van der Waals surface area contributed by atoms with E-state index < -0.39 is 11.8 Å². The van der Waals surface area contributed by atoms with Crippen LogP contribution in [0, 0.1) is 5.82 Å². The molecule has 1 aromatic rings. The van der Waals surface area contributed by atoms with E-state index in [4.69, 9.17) is 14.6 Å². The molecule has 4 nitrogen and oxygen atoms in total. The van der Waals surface area contributed by atoms with E-state index in [0.29, 0.717) is 28.0 Å². The third-order valence-electron chi connectivity index (χ3n) is 2.46. The van der Waals surface area contributed by atoms with Gasteiger partial charge in [0.2, 0.25) is 0 Å². The van der Waals surface area contributed by atoms with Gasteiger partial charge in [-0.05, 0) is 34.8 Å². The molecule has 0 aliphatic carbocycles. The van der Waals surface area contributed by atoms with Crippen molar-refractivity contribution in [3.05, 3.63) is 21.9 Å². The number of carboxylic acid groups (broad SMARTS) is 1. The number of ether oxygens (including phenoxy) is 2. The molecule has 0 aliphatic heterocycles. The number of halogens is 2. The summed E-state index contributed by atoms with van der Waals surface area (Å²) in [7, 11) is 2.88. The van der Waals surface area contributed by atoms with Crippen LogP contribution >= 0.6 is 15.9 Å². The predicted octanol–water partition coefficient (Wildman–Crippen LogP) is 3.01. The van der Waals surface area contributed by atoms with Crippen molar-refractivity contribution in [2.45, 2.75) is 19.3 Å². The third-order valence-corrected chi connectivity index (χ3v) is 3.05. The van der Waals surface area contributed by atoms with Crippen LogP contribution in [-0.2, 0) is 11.2 Å². The van der Waals surface area contributed by atoms with Crippen molar-refractivity contribution in [2.75, 3.05) is 14.2 Å². The van der Waals surface area contributed by atoms with Crippen LogP contribution in [0.25, 0.3) is 0 Å². The van der Waals surface area contributed by atoms with Crippen LogP contribution in [-0.4, -0.2) is 25.3 Å². The lowest BCUT2D eigenvalue weighted by atomic mass is 10.1. The molecule has 100 valence electrons. The molecule has 0 amide bonds. The summed E-state index contributed by atoms with van der Waals surface area (Å²) in [5, 5.41) is 8.57. The fraction of sp³-hybridized carbons (Fsp3) is 0.417. The van der Waals surface area contributed by atoms with Crippen LogP contribution in [0.3, 0.4) is 0 Å². The second kappa shape index (κ2) is 6.58. The van der Waals surface area contributed by atoms with E-state index in [-0.39, 0.29) is 12.8 Å². The molecule has 0 aliphatic rings. The van der Waals surface area contributed by atoms with Gasteiger partial charge in [-0.15, -0.1) is 0 Å². The number of methoxy groups -OCH3 is 2. The Hall–Kier alpha value is -1.30. The molecule has 1 aromatic carbocycles. The minimum Gasteiger partial charge on any atom is -0.492 e. The summed E-state index contributed by atoms with van der Waals surface area (Å²) < 4.78 is 24.6. The summed E-state index contributed by atoms with van der Waals surface area (Å²) in [6, 6.07) is 1.29. The number of carboxylic acids is 1. The SMILES string of the molecule is COc1c(Br)cc(F)c(CCCC(=O)O)c1OC. The van der Waals surface area contributed by atoms with Crippen LogP contribution in [0.5, 0.6) is 11.5 Å². The Morgan fingerprint density at radius 3 is 2.50 bits per heavy atom. The highest BCUT2D eigenvalue weighted by atomic mass is 79.9. The van der Waals surface area contributed by atoms with Gasteiger partial charge in [-0.2, -0.15) is 0 Å². The first-order valence-electron chi connectivity index (χ1n) is 5.31. The molecule has 6 heteroatoms. The molecule has 0 bridgehead atoms. The van der Waals surface area contributed by atoms with Gasteiger partial charge in [0.15, 0.2) is 11.5 Å². The summed E-state index contributed by atoms with van der Waals surface area (Å²) >= 11 is 3.19. The lowest BCUT2D eigenvalue weighted by Crippen LogP contribution is -2.02. The molecule has 0 heterocycles. The van der Waals surface area contributed by atoms with E-state index in [0.717, 1.165) is 0 Å². The normalized spacial score (nSPS) is 10.2. The van der Waals surface area contributed by atoms with Gasteiger partial charge in [0.25, 0.3) is 0 Å². The van der Waals surface area contributed by atoms with Crippen LogP contribution in [0.2, 0.25) is 0 Å². The molecule has 0 spiro atoms. The molecule has 18 heavy (non-hydrogen) atoms. The predicted molar refractivity (Wildman–Crippen MR) is 67.8 cm³/mol. The second-order valence-electron chi connectivity index (χ2n) is 3.63. The standard InChI is InChI=1S/C12H14BrFO4/c1-17-11-7(4-3-5-10(15)16)9(14)6-8(13)12(11)18-2/h6H,3-5H2,1-2H3,(H,15,16). The van der Waals surface area contributed by atoms with Crippen LogP contribution < -0.4 is 9.47 Å². The largest absolute Gasteiger partial charge is 0.492 e. The molecule has 0 aromatic heterocycles. The quantitative estimate of drug-likeness (QED) is 0.875. The van der Waals surface area contributed by atoms with Crippen molar-refractivity contribution < 1.29 is 23.8 Å². The Balaban J connectivity index is 3.05. The fourth-order valence-corrected chi connectivity index (χ4v) is 2.22. The Morgan fingerprint density at radius 1 is 1.39 bits per heavy atom. The van der Waals surface area contributed by atoms with E-state index in [9.17, 15) is 9.18 Å². The number of rotatable bonds is 6. The van der Waals surface area contributed by atoms with E-state index in [1.807, 2.05) is 0 Å². The highest BCUT2D eigenvalue weighted by Gasteiger charge is 2.18. The Bertz CT molecular complexity index is 448. The van der Waals surface area contributed by atoms with Crippen molar-refractivity contribution in [1.82, 2.24) is 0 Å². The van der Waals surface area contributed by atoms with Crippen molar-refractivity contribution in [2.24, 2.45) is 0 Å². The Kier molecular flexibility index (Phi) is 5.40. The molecule has 0 saturated heterocycles. The smallest absolute Gasteiger partial charge is 0.303 e. The minimum atomic E-state index is -0.904. The lowest BCUT2D eigenvalue weighted by molar-refractivity contribution is -0.137. The van der Waals surface area contributed by atoms with Crippen LogP contribution in [0.4, 0.5) is 4.39 Å². The van der Waals surface area contributed by atoms with Gasteiger partial charge in [-0.1, -0.05) is 0 Å². The summed E-state index contributed by atoms with van der Waals surface area (Å²) in [5.74, 6) is -0.637.